The highest BCUT2D eigenvalue weighted by Crippen LogP contribution is 2.42. The maximum absolute atomic E-state index is 5.35. The monoisotopic (exact) mass is 272 g/mol. The molecule has 0 unspecified atom stereocenters. The van der Waals surface area contributed by atoms with Crippen molar-refractivity contribution < 1.29 is 14.2 Å². The molecule has 1 aromatic carbocycles. The van der Waals surface area contributed by atoms with E-state index in [-0.39, 0.29) is 6.79 Å². The topological polar surface area (TPSA) is 27.7 Å². The minimum absolute atomic E-state index is 0.277. The molecule has 0 saturated carbocycles. The summed E-state index contributed by atoms with van der Waals surface area (Å²) in [5.41, 5.74) is 1.18. The van der Waals surface area contributed by atoms with Crippen LogP contribution in [-0.2, 0) is 6.42 Å². The Hall–Kier alpha value is -0.900. The lowest BCUT2D eigenvalue weighted by molar-refractivity contribution is 0.171. The smallest absolute Gasteiger partial charge is 0.231 e. The molecule has 1 heterocycles. The van der Waals surface area contributed by atoms with Gasteiger partial charge in [0.2, 0.25) is 12.5 Å². The van der Waals surface area contributed by atoms with Gasteiger partial charge in [0, 0.05) is 4.83 Å². The Labute approximate surface area is 97.5 Å². The second-order valence-electron chi connectivity index (χ2n) is 3.52. The maximum Gasteiger partial charge on any atom is 0.231 e. The molecule has 1 atom stereocenters. The first kappa shape index (κ1) is 10.6. The van der Waals surface area contributed by atoms with Gasteiger partial charge < -0.3 is 14.2 Å². The highest BCUT2D eigenvalue weighted by molar-refractivity contribution is 9.09. The summed E-state index contributed by atoms with van der Waals surface area (Å²) in [7, 11) is 1.64. The van der Waals surface area contributed by atoms with Crippen LogP contribution in [0.4, 0.5) is 0 Å². The third kappa shape index (κ3) is 2.20. The van der Waals surface area contributed by atoms with Crippen molar-refractivity contribution in [2.45, 2.75) is 18.2 Å². The molecule has 1 aromatic rings. The van der Waals surface area contributed by atoms with Crippen LogP contribution in [-0.4, -0.2) is 18.7 Å². The SMILES string of the molecule is COc1cc(C[C@H](C)Br)cc2c1OCO2. The molecule has 3 nitrogen and oxygen atoms in total. The Kier molecular flexibility index (Phi) is 3.05. The number of fused-ring (bicyclic) bond motifs is 1. The Morgan fingerprint density at radius 1 is 1.47 bits per heavy atom. The van der Waals surface area contributed by atoms with Crippen LogP contribution in [0, 0.1) is 0 Å². The number of benzene rings is 1. The number of hydrogen-bond donors (Lipinski definition) is 0. The fraction of sp³-hybridized carbons (Fsp3) is 0.455. The number of alkyl halides is 1. The Bertz CT molecular complexity index is 363. The normalized spacial score (nSPS) is 15.1. The summed E-state index contributed by atoms with van der Waals surface area (Å²) < 4.78 is 15.9. The van der Waals surface area contributed by atoms with Crippen LogP contribution in [0.2, 0.25) is 0 Å². The largest absolute Gasteiger partial charge is 0.493 e. The van der Waals surface area contributed by atoms with Crippen LogP contribution < -0.4 is 14.2 Å². The van der Waals surface area contributed by atoms with Gasteiger partial charge in [-0.25, -0.2) is 0 Å². The number of halogens is 1. The van der Waals surface area contributed by atoms with E-state index in [2.05, 4.69) is 22.9 Å². The Morgan fingerprint density at radius 3 is 2.93 bits per heavy atom. The van der Waals surface area contributed by atoms with Gasteiger partial charge in [-0.3, -0.25) is 0 Å². The van der Waals surface area contributed by atoms with E-state index in [9.17, 15) is 0 Å². The van der Waals surface area contributed by atoms with Crippen molar-refractivity contribution in [3.05, 3.63) is 17.7 Å². The van der Waals surface area contributed by atoms with Gasteiger partial charge >= 0.3 is 0 Å². The van der Waals surface area contributed by atoms with E-state index in [1.165, 1.54) is 5.56 Å². The molecule has 0 saturated heterocycles. The summed E-state index contributed by atoms with van der Waals surface area (Å²) in [5.74, 6) is 2.23. The van der Waals surface area contributed by atoms with Crippen molar-refractivity contribution in [1.82, 2.24) is 0 Å². The molecule has 82 valence electrons. The van der Waals surface area contributed by atoms with Gasteiger partial charge in [0.1, 0.15) is 0 Å². The predicted molar refractivity (Wildman–Crippen MR) is 61.2 cm³/mol. The molecular formula is C11H13BrO3. The molecule has 0 spiro atoms. The Morgan fingerprint density at radius 2 is 2.27 bits per heavy atom. The number of ether oxygens (including phenoxy) is 3. The molecule has 0 fully saturated rings. The van der Waals surface area contributed by atoms with Crippen molar-refractivity contribution in [1.29, 1.82) is 0 Å². The van der Waals surface area contributed by atoms with Crippen LogP contribution in [0.15, 0.2) is 12.1 Å². The first-order valence-corrected chi connectivity index (χ1v) is 5.73. The number of hydrogen-bond acceptors (Lipinski definition) is 3. The molecule has 0 amide bonds. The summed E-state index contributed by atoms with van der Waals surface area (Å²) in [6, 6.07) is 3.99. The molecule has 15 heavy (non-hydrogen) atoms. The third-order valence-corrected chi connectivity index (χ3v) is 2.56. The molecule has 0 N–H and O–H groups in total. The van der Waals surface area contributed by atoms with E-state index in [1.807, 2.05) is 12.1 Å². The van der Waals surface area contributed by atoms with Gasteiger partial charge in [-0.05, 0) is 24.1 Å². The Balaban J connectivity index is 2.34. The minimum atomic E-state index is 0.277. The third-order valence-electron chi connectivity index (χ3n) is 2.24. The van der Waals surface area contributed by atoms with Crippen molar-refractivity contribution in [2.24, 2.45) is 0 Å². The van der Waals surface area contributed by atoms with Crippen LogP contribution in [0.25, 0.3) is 0 Å². The lowest BCUT2D eigenvalue weighted by atomic mass is 10.1. The summed E-state index contributed by atoms with van der Waals surface area (Å²) in [6.45, 7) is 2.38. The second kappa shape index (κ2) is 4.31. The van der Waals surface area contributed by atoms with Gasteiger partial charge in [-0.2, -0.15) is 0 Å². The van der Waals surface area contributed by atoms with E-state index in [0.717, 1.165) is 17.9 Å². The van der Waals surface area contributed by atoms with Gasteiger partial charge in [0.15, 0.2) is 11.5 Å². The first-order chi connectivity index (χ1) is 7.20. The highest BCUT2D eigenvalue weighted by atomic mass is 79.9. The van der Waals surface area contributed by atoms with E-state index in [1.54, 1.807) is 7.11 Å². The zero-order valence-electron chi connectivity index (χ0n) is 8.75. The second-order valence-corrected chi connectivity index (χ2v) is 5.08. The van der Waals surface area contributed by atoms with Crippen molar-refractivity contribution in [3.63, 3.8) is 0 Å². The van der Waals surface area contributed by atoms with Crippen molar-refractivity contribution >= 4 is 15.9 Å². The van der Waals surface area contributed by atoms with E-state index in [0.29, 0.717) is 10.6 Å². The zero-order chi connectivity index (χ0) is 10.8. The van der Waals surface area contributed by atoms with Crippen LogP contribution >= 0.6 is 15.9 Å². The molecule has 2 rings (SSSR count). The van der Waals surface area contributed by atoms with Crippen LogP contribution in [0.1, 0.15) is 12.5 Å². The molecule has 0 aromatic heterocycles. The summed E-state index contributed by atoms with van der Waals surface area (Å²) >= 11 is 3.53. The number of methoxy groups -OCH3 is 1. The van der Waals surface area contributed by atoms with Crippen molar-refractivity contribution in [3.8, 4) is 17.2 Å². The van der Waals surface area contributed by atoms with Gasteiger partial charge in [0.05, 0.1) is 7.11 Å². The zero-order valence-corrected chi connectivity index (χ0v) is 10.3. The molecule has 1 aliphatic rings. The molecule has 1 aliphatic heterocycles. The first-order valence-electron chi connectivity index (χ1n) is 4.81. The fourth-order valence-electron chi connectivity index (χ4n) is 1.63. The molecule has 4 heteroatoms. The lowest BCUT2D eigenvalue weighted by Crippen LogP contribution is -1.97. The van der Waals surface area contributed by atoms with Gasteiger partial charge in [-0.15, -0.1) is 0 Å². The number of rotatable bonds is 3. The predicted octanol–water partition coefficient (Wildman–Crippen LogP) is 2.75. The van der Waals surface area contributed by atoms with E-state index >= 15 is 0 Å². The molecule has 0 radical (unpaired) electrons. The highest BCUT2D eigenvalue weighted by Gasteiger charge is 2.20. The minimum Gasteiger partial charge on any atom is -0.493 e. The lowest BCUT2D eigenvalue weighted by Gasteiger charge is -2.09. The van der Waals surface area contributed by atoms with Crippen LogP contribution in [0.5, 0.6) is 17.2 Å². The summed E-state index contributed by atoms with van der Waals surface area (Å²) in [6.07, 6.45) is 0.938. The van der Waals surface area contributed by atoms with E-state index < -0.39 is 0 Å². The fourth-order valence-corrected chi connectivity index (χ4v) is 2.00. The molecule has 0 bridgehead atoms. The molecule has 0 aliphatic carbocycles. The van der Waals surface area contributed by atoms with Crippen molar-refractivity contribution in [2.75, 3.05) is 13.9 Å². The van der Waals surface area contributed by atoms with Crippen LogP contribution in [0.3, 0.4) is 0 Å². The average Bonchev–Trinajstić information content (AvgIpc) is 2.63. The standard InChI is InChI=1S/C11H13BrO3/c1-7(12)3-8-4-9(13-2)11-10(5-8)14-6-15-11/h4-5,7H,3,6H2,1-2H3/t7-/m0/s1. The van der Waals surface area contributed by atoms with Gasteiger partial charge in [0.25, 0.3) is 0 Å². The summed E-state index contributed by atoms with van der Waals surface area (Å²) in [5, 5.41) is 0. The average molecular weight is 273 g/mol. The maximum atomic E-state index is 5.35. The molecular weight excluding hydrogens is 260 g/mol. The van der Waals surface area contributed by atoms with E-state index in [4.69, 9.17) is 14.2 Å². The van der Waals surface area contributed by atoms with Gasteiger partial charge in [-0.1, -0.05) is 22.9 Å². The quantitative estimate of drug-likeness (QED) is 0.792. The summed E-state index contributed by atoms with van der Waals surface area (Å²) in [4.78, 5) is 0.433.